The van der Waals surface area contributed by atoms with Crippen LogP contribution in [0.1, 0.15) is 13.8 Å². The van der Waals surface area contributed by atoms with Crippen LogP contribution in [0.2, 0.25) is 0 Å². The van der Waals surface area contributed by atoms with Gasteiger partial charge in [-0.2, -0.15) is 0 Å². The molecule has 2 aromatic rings. The number of nitrogens with two attached hydrogens (primary N) is 1. The third-order valence-corrected chi connectivity index (χ3v) is 2.44. The molecule has 0 fully saturated rings. The maximum atomic E-state index is 5.69. The Balaban J connectivity index is 2.69. The summed E-state index contributed by atoms with van der Waals surface area (Å²) in [5.74, 6) is 0.380. The highest BCUT2D eigenvalue weighted by atomic mass is 16.5. The van der Waals surface area contributed by atoms with Gasteiger partial charge in [0.05, 0.1) is 6.33 Å². The van der Waals surface area contributed by atoms with Gasteiger partial charge in [-0.05, 0) is 13.8 Å². The number of fused-ring (bicyclic) bond motifs is 1. The molecule has 6 heteroatoms. The van der Waals surface area contributed by atoms with Crippen LogP contribution in [0, 0.1) is 0 Å². The molecule has 0 saturated heterocycles. The van der Waals surface area contributed by atoms with Crippen LogP contribution in [0.25, 0.3) is 11.2 Å². The molecule has 0 bridgehead atoms. The minimum absolute atomic E-state index is 0.380. The standard InChI is InChI=1S/C9H13N5O/c1-9(2,15-3)14-5-13-6-7(10)11-4-12-8(6)14/h4-5H,1-3H3,(H2,10,11,12). The second-order valence-corrected chi connectivity index (χ2v) is 3.70. The summed E-state index contributed by atoms with van der Waals surface area (Å²) in [6.07, 6.45) is 3.07. The molecule has 6 nitrogen and oxygen atoms in total. The van der Waals surface area contributed by atoms with Crippen LogP contribution >= 0.6 is 0 Å². The van der Waals surface area contributed by atoms with Gasteiger partial charge in [0.25, 0.3) is 0 Å². The Hall–Kier alpha value is -1.69. The van der Waals surface area contributed by atoms with Gasteiger partial charge < -0.3 is 10.5 Å². The minimum atomic E-state index is -0.504. The van der Waals surface area contributed by atoms with E-state index < -0.39 is 5.72 Å². The van der Waals surface area contributed by atoms with E-state index in [9.17, 15) is 0 Å². The largest absolute Gasteiger partial charge is 0.382 e. The molecular weight excluding hydrogens is 194 g/mol. The smallest absolute Gasteiger partial charge is 0.167 e. The fourth-order valence-corrected chi connectivity index (χ4v) is 1.35. The zero-order chi connectivity index (χ0) is 11.1. The number of nitrogens with zero attached hydrogens (tertiary/aromatic N) is 4. The highest BCUT2D eigenvalue weighted by molar-refractivity contribution is 5.81. The quantitative estimate of drug-likeness (QED) is 0.786. The predicted molar refractivity (Wildman–Crippen MR) is 56.1 cm³/mol. The van der Waals surface area contributed by atoms with E-state index in [0.717, 1.165) is 0 Å². The SMILES string of the molecule is COC(C)(C)n1cnc2c(N)ncnc21. The van der Waals surface area contributed by atoms with Gasteiger partial charge in [-0.3, -0.25) is 4.57 Å². The van der Waals surface area contributed by atoms with Crippen molar-refractivity contribution in [3.05, 3.63) is 12.7 Å². The molecular formula is C9H13N5O. The van der Waals surface area contributed by atoms with E-state index >= 15 is 0 Å². The first-order valence-corrected chi connectivity index (χ1v) is 4.55. The van der Waals surface area contributed by atoms with E-state index in [2.05, 4.69) is 15.0 Å². The van der Waals surface area contributed by atoms with Crippen molar-refractivity contribution in [2.24, 2.45) is 0 Å². The van der Waals surface area contributed by atoms with Crippen LogP contribution in [-0.4, -0.2) is 26.6 Å². The molecule has 0 unspecified atom stereocenters. The Morgan fingerprint density at radius 1 is 1.33 bits per heavy atom. The summed E-state index contributed by atoms with van der Waals surface area (Å²) in [5, 5.41) is 0. The summed E-state index contributed by atoms with van der Waals surface area (Å²) in [4.78, 5) is 12.2. The van der Waals surface area contributed by atoms with Crippen molar-refractivity contribution < 1.29 is 4.74 Å². The molecule has 0 aromatic carbocycles. The van der Waals surface area contributed by atoms with Crippen LogP contribution in [0.4, 0.5) is 5.82 Å². The molecule has 0 atom stereocenters. The van der Waals surface area contributed by atoms with Gasteiger partial charge in [0, 0.05) is 7.11 Å². The summed E-state index contributed by atoms with van der Waals surface area (Å²) < 4.78 is 7.17. The second-order valence-electron chi connectivity index (χ2n) is 3.70. The number of methoxy groups -OCH3 is 1. The van der Waals surface area contributed by atoms with Gasteiger partial charge in [-0.25, -0.2) is 15.0 Å². The highest BCUT2D eigenvalue weighted by Crippen LogP contribution is 2.22. The summed E-state index contributed by atoms with van der Waals surface area (Å²) >= 11 is 0. The molecule has 2 rings (SSSR count). The van der Waals surface area contributed by atoms with Crippen molar-refractivity contribution in [2.75, 3.05) is 12.8 Å². The molecule has 80 valence electrons. The van der Waals surface area contributed by atoms with Gasteiger partial charge in [-0.15, -0.1) is 0 Å². The Bertz CT molecular complexity index is 490. The topological polar surface area (TPSA) is 78.9 Å². The number of hydrogen-bond acceptors (Lipinski definition) is 5. The molecule has 2 N–H and O–H groups in total. The summed E-state index contributed by atoms with van der Waals surface area (Å²) in [5.41, 5.74) is 6.46. The van der Waals surface area contributed by atoms with Crippen molar-refractivity contribution in [1.82, 2.24) is 19.5 Å². The number of imidazole rings is 1. The van der Waals surface area contributed by atoms with E-state index in [1.54, 1.807) is 13.4 Å². The lowest BCUT2D eigenvalue weighted by molar-refractivity contribution is -0.0422. The molecule has 0 aliphatic carbocycles. The van der Waals surface area contributed by atoms with Crippen molar-refractivity contribution in [1.29, 1.82) is 0 Å². The first kappa shape index (κ1) is 9.85. The molecule has 2 heterocycles. The number of hydrogen-bond donors (Lipinski definition) is 1. The summed E-state index contributed by atoms with van der Waals surface area (Å²) in [7, 11) is 1.64. The van der Waals surface area contributed by atoms with Crippen LogP contribution in [0.15, 0.2) is 12.7 Å². The molecule has 0 saturated carbocycles. The summed E-state index contributed by atoms with van der Waals surface area (Å²) in [6.45, 7) is 3.85. The van der Waals surface area contributed by atoms with Crippen molar-refractivity contribution in [3.8, 4) is 0 Å². The summed E-state index contributed by atoms with van der Waals surface area (Å²) in [6, 6.07) is 0. The number of anilines is 1. The van der Waals surface area contributed by atoms with Gasteiger partial charge in [0.2, 0.25) is 0 Å². The fraction of sp³-hybridized carbons (Fsp3) is 0.444. The van der Waals surface area contributed by atoms with Gasteiger partial charge in [0.15, 0.2) is 11.5 Å². The molecule has 15 heavy (non-hydrogen) atoms. The molecule has 0 aliphatic rings. The highest BCUT2D eigenvalue weighted by Gasteiger charge is 2.22. The van der Waals surface area contributed by atoms with Crippen LogP contribution in [0.5, 0.6) is 0 Å². The maximum absolute atomic E-state index is 5.69. The lowest BCUT2D eigenvalue weighted by atomic mass is 10.3. The molecule has 0 amide bonds. The fourth-order valence-electron chi connectivity index (χ4n) is 1.35. The predicted octanol–water partition coefficient (Wildman–Crippen LogP) is 0.747. The normalized spacial score (nSPS) is 12.2. The molecule has 0 spiro atoms. The number of rotatable bonds is 2. The van der Waals surface area contributed by atoms with E-state index in [1.165, 1.54) is 6.33 Å². The lowest BCUT2D eigenvalue weighted by Crippen LogP contribution is -2.27. The average Bonchev–Trinajstić information content (AvgIpc) is 2.63. The van der Waals surface area contributed by atoms with Crippen LogP contribution in [-0.2, 0) is 10.5 Å². The molecule has 0 radical (unpaired) electrons. The van der Waals surface area contributed by atoms with E-state index in [1.807, 2.05) is 18.4 Å². The van der Waals surface area contributed by atoms with Crippen LogP contribution < -0.4 is 5.73 Å². The first-order chi connectivity index (χ1) is 7.06. The van der Waals surface area contributed by atoms with Crippen molar-refractivity contribution in [2.45, 2.75) is 19.6 Å². The van der Waals surface area contributed by atoms with E-state index in [4.69, 9.17) is 10.5 Å². The van der Waals surface area contributed by atoms with Gasteiger partial charge in [0.1, 0.15) is 17.6 Å². The zero-order valence-electron chi connectivity index (χ0n) is 8.93. The third kappa shape index (κ3) is 1.42. The Morgan fingerprint density at radius 3 is 2.73 bits per heavy atom. The van der Waals surface area contributed by atoms with Crippen molar-refractivity contribution in [3.63, 3.8) is 0 Å². The Kier molecular flexibility index (Phi) is 2.08. The lowest BCUT2D eigenvalue weighted by Gasteiger charge is -2.24. The Labute approximate surface area is 87.1 Å². The maximum Gasteiger partial charge on any atom is 0.167 e. The monoisotopic (exact) mass is 207 g/mol. The van der Waals surface area contributed by atoms with Gasteiger partial charge >= 0.3 is 0 Å². The minimum Gasteiger partial charge on any atom is -0.382 e. The first-order valence-electron chi connectivity index (χ1n) is 4.55. The average molecular weight is 207 g/mol. The van der Waals surface area contributed by atoms with Crippen LogP contribution in [0.3, 0.4) is 0 Å². The number of ether oxygens (including phenoxy) is 1. The zero-order valence-corrected chi connectivity index (χ0v) is 8.93. The second kappa shape index (κ2) is 3.16. The number of aromatic nitrogens is 4. The van der Waals surface area contributed by atoms with E-state index in [-0.39, 0.29) is 0 Å². The third-order valence-electron chi connectivity index (χ3n) is 2.44. The molecule has 0 aliphatic heterocycles. The van der Waals surface area contributed by atoms with E-state index in [0.29, 0.717) is 17.0 Å². The van der Waals surface area contributed by atoms with Gasteiger partial charge in [-0.1, -0.05) is 0 Å². The van der Waals surface area contributed by atoms with Crippen molar-refractivity contribution >= 4 is 17.0 Å². The molecule has 2 aromatic heterocycles. The Morgan fingerprint density at radius 2 is 2.07 bits per heavy atom. The number of nitrogen functional groups attached to an aromatic ring is 1.